The lowest BCUT2D eigenvalue weighted by Gasteiger charge is -2.35. The highest BCUT2D eigenvalue weighted by atomic mass is 32.2. The van der Waals surface area contributed by atoms with Gasteiger partial charge in [0.25, 0.3) is 0 Å². The van der Waals surface area contributed by atoms with E-state index in [2.05, 4.69) is 5.32 Å². The van der Waals surface area contributed by atoms with Crippen molar-refractivity contribution in [2.75, 3.05) is 19.9 Å². The minimum atomic E-state index is -0.960. The first-order valence-electron chi connectivity index (χ1n) is 5.29. The molecule has 6 nitrogen and oxygen atoms in total. The van der Waals surface area contributed by atoms with Crippen LogP contribution < -0.4 is 5.32 Å². The topological polar surface area (TPSA) is 99.0 Å². The van der Waals surface area contributed by atoms with Gasteiger partial charge < -0.3 is 25.4 Å². The zero-order valence-electron chi connectivity index (χ0n) is 10.3. The van der Waals surface area contributed by atoms with E-state index in [1.807, 2.05) is 6.26 Å². The van der Waals surface area contributed by atoms with Crippen molar-refractivity contribution in [3.05, 3.63) is 0 Å². The Bertz CT molecular complexity index is 229. The van der Waals surface area contributed by atoms with E-state index in [1.54, 1.807) is 7.05 Å². The Hall–Kier alpha value is -0.340. The smallest absolute Gasteiger partial charge is 0.216 e. The molecular weight excluding hydrogens is 246 g/mol. The van der Waals surface area contributed by atoms with Crippen molar-refractivity contribution in [1.82, 2.24) is 5.32 Å². The molecule has 7 heteroatoms. The number of aliphatic hydroxyl groups is 3. The van der Waals surface area contributed by atoms with Gasteiger partial charge in [-0.2, -0.15) is 0 Å². The molecule has 0 aliphatic carbocycles. The molecule has 0 spiro atoms. The maximum atomic E-state index is 9.70. The summed E-state index contributed by atoms with van der Waals surface area (Å²) in [6.07, 6.45) is -0.111. The second-order valence-corrected chi connectivity index (χ2v) is 4.62. The first-order valence-corrected chi connectivity index (χ1v) is 6.58. The van der Waals surface area contributed by atoms with Gasteiger partial charge in [-0.15, -0.1) is 11.8 Å². The average molecular weight is 267 g/mol. The van der Waals surface area contributed by atoms with Crippen LogP contribution >= 0.6 is 11.8 Å². The minimum Gasteiger partial charge on any atom is -0.394 e. The van der Waals surface area contributed by atoms with Gasteiger partial charge in [-0.25, -0.2) is 0 Å². The number of carbonyl (C=O) groups excluding carboxylic acids is 1. The molecule has 1 amide bonds. The molecule has 0 bridgehead atoms. The van der Waals surface area contributed by atoms with E-state index in [-0.39, 0.29) is 18.0 Å². The summed E-state index contributed by atoms with van der Waals surface area (Å²) in [5, 5.41) is 29.8. The van der Waals surface area contributed by atoms with E-state index in [1.165, 1.54) is 18.7 Å². The van der Waals surface area contributed by atoms with Crippen molar-refractivity contribution < 1.29 is 24.9 Å². The summed E-state index contributed by atoms with van der Waals surface area (Å²) in [5.41, 5.74) is -0.124. The predicted molar refractivity (Wildman–Crippen MR) is 65.6 cm³/mol. The molecule has 1 heterocycles. The molecule has 4 N–H and O–H groups in total. The molecule has 0 aromatic rings. The number of hydrogen-bond acceptors (Lipinski definition) is 6. The number of rotatable bonds is 2. The number of ether oxygens (including phenoxy) is 1. The Labute approximate surface area is 105 Å². The molecule has 1 aliphatic rings. The zero-order valence-corrected chi connectivity index (χ0v) is 11.1. The SMILES string of the molecule is CNC(C)=O.CSC1CC(O)C(O)C(CO)O1. The van der Waals surface area contributed by atoms with Gasteiger partial charge in [0.1, 0.15) is 17.6 Å². The van der Waals surface area contributed by atoms with Crippen LogP contribution in [0.1, 0.15) is 13.3 Å². The van der Waals surface area contributed by atoms with Crippen LogP contribution in [0.5, 0.6) is 0 Å². The van der Waals surface area contributed by atoms with Gasteiger partial charge in [-0.05, 0) is 6.26 Å². The second-order valence-electron chi connectivity index (χ2n) is 3.62. The standard InChI is InChI=1S/C7H14O4S.C3H7NO/c1-12-6-2-4(9)7(10)5(3-8)11-6;1-3(5)4-2/h4-10H,2-3H2,1H3;1-2H3,(H,4,5). The van der Waals surface area contributed by atoms with E-state index in [9.17, 15) is 15.0 Å². The molecule has 102 valence electrons. The number of thioether (sulfide) groups is 1. The lowest BCUT2D eigenvalue weighted by Crippen LogP contribution is -2.48. The van der Waals surface area contributed by atoms with Crippen LogP contribution in [0.15, 0.2) is 0 Å². The second kappa shape index (κ2) is 8.71. The summed E-state index contributed by atoms with van der Waals surface area (Å²) in [5.74, 6) is 0.00463. The van der Waals surface area contributed by atoms with Crippen LogP contribution in [0.25, 0.3) is 0 Å². The molecule has 1 saturated heterocycles. The molecule has 4 atom stereocenters. The normalized spacial score (nSPS) is 32.4. The maximum absolute atomic E-state index is 9.70. The van der Waals surface area contributed by atoms with Crippen LogP contribution in [0.4, 0.5) is 0 Å². The van der Waals surface area contributed by atoms with Gasteiger partial charge >= 0.3 is 0 Å². The van der Waals surface area contributed by atoms with Crippen LogP contribution in [0.2, 0.25) is 0 Å². The number of aliphatic hydroxyl groups excluding tert-OH is 3. The van der Waals surface area contributed by atoms with E-state index < -0.39 is 18.3 Å². The van der Waals surface area contributed by atoms with Crippen LogP contribution in [0, 0.1) is 0 Å². The van der Waals surface area contributed by atoms with Crippen molar-refractivity contribution in [1.29, 1.82) is 0 Å². The van der Waals surface area contributed by atoms with E-state index >= 15 is 0 Å². The summed E-state index contributed by atoms with van der Waals surface area (Å²) in [6.45, 7) is 1.22. The summed E-state index contributed by atoms with van der Waals surface area (Å²) < 4.78 is 5.27. The Morgan fingerprint density at radius 3 is 2.41 bits per heavy atom. The van der Waals surface area contributed by atoms with Crippen molar-refractivity contribution in [3.63, 3.8) is 0 Å². The van der Waals surface area contributed by atoms with Crippen molar-refractivity contribution >= 4 is 17.7 Å². The fraction of sp³-hybridized carbons (Fsp3) is 0.900. The first kappa shape index (κ1) is 16.7. The molecule has 0 aromatic carbocycles. The molecule has 4 unspecified atom stereocenters. The highest BCUT2D eigenvalue weighted by Gasteiger charge is 2.35. The van der Waals surface area contributed by atoms with E-state index in [0.717, 1.165) is 0 Å². The summed E-state index contributed by atoms with van der Waals surface area (Å²) in [6, 6.07) is 0. The van der Waals surface area contributed by atoms with Crippen molar-refractivity contribution in [2.24, 2.45) is 0 Å². The number of nitrogens with one attached hydrogen (secondary N) is 1. The highest BCUT2D eigenvalue weighted by molar-refractivity contribution is 7.99. The molecule has 1 aliphatic heterocycles. The van der Waals surface area contributed by atoms with Gasteiger partial charge in [0.15, 0.2) is 0 Å². The molecule has 17 heavy (non-hydrogen) atoms. The van der Waals surface area contributed by atoms with Gasteiger partial charge in [0, 0.05) is 20.4 Å². The van der Waals surface area contributed by atoms with Gasteiger partial charge in [0.05, 0.1) is 12.7 Å². The third kappa shape index (κ3) is 6.23. The fourth-order valence-corrected chi connectivity index (χ4v) is 1.86. The van der Waals surface area contributed by atoms with Crippen molar-refractivity contribution in [2.45, 2.75) is 37.1 Å². The number of carbonyl (C=O) groups is 1. The summed E-state index contributed by atoms with van der Waals surface area (Å²) >= 11 is 1.47. The third-order valence-electron chi connectivity index (χ3n) is 2.33. The lowest BCUT2D eigenvalue weighted by atomic mass is 10.0. The molecule has 1 rings (SSSR count). The Balaban J connectivity index is 0.000000437. The Morgan fingerprint density at radius 2 is 2.06 bits per heavy atom. The van der Waals surface area contributed by atoms with Gasteiger partial charge in [0.2, 0.25) is 5.91 Å². The van der Waals surface area contributed by atoms with Gasteiger partial charge in [-0.1, -0.05) is 0 Å². The van der Waals surface area contributed by atoms with Gasteiger partial charge in [-0.3, -0.25) is 4.79 Å². The summed E-state index contributed by atoms with van der Waals surface area (Å²) in [7, 11) is 1.60. The molecule has 0 radical (unpaired) electrons. The predicted octanol–water partition coefficient (Wildman–Crippen LogP) is -1.07. The van der Waals surface area contributed by atoms with Crippen LogP contribution in [-0.4, -0.2) is 64.9 Å². The first-order chi connectivity index (χ1) is 7.96. The maximum Gasteiger partial charge on any atom is 0.216 e. The average Bonchev–Trinajstić information content (AvgIpc) is 2.33. The monoisotopic (exact) mass is 267 g/mol. The third-order valence-corrected chi connectivity index (χ3v) is 3.16. The number of hydrogen-bond donors (Lipinski definition) is 4. The minimum absolute atomic E-state index is 0.00463. The van der Waals surface area contributed by atoms with Crippen LogP contribution in [0.3, 0.4) is 0 Å². The van der Waals surface area contributed by atoms with E-state index in [4.69, 9.17) is 9.84 Å². The largest absolute Gasteiger partial charge is 0.394 e. The zero-order chi connectivity index (χ0) is 13.4. The van der Waals surface area contributed by atoms with E-state index in [0.29, 0.717) is 6.42 Å². The Morgan fingerprint density at radius 1 is 1.53 bits per heavy atom. The molecule has 0 aromatic heterocycles. The van der Waals surface area contributed by atoms with Crippen LogP contribution in [-0.2, 0) is 9.53 Å². The fourth-order valence-electron chi connectivity index (χ4n) is 1.22. The molecule has 1 fully saturated rings. The number of amides is 1. The quantitative estimate of drug-likeness (QED) is 0.508. The van der Waals surface area contributed by atoms with Crippen molar-refractivity contribution in [3.8, 4) is 0 Å². The molecular formula is C10H21NO5S. The lowest BCUT2D eigenvalue weighted by molar-refractivity contribution is -0.157. The highest BCUT2D eigenvalue weighted by Crippen LogP contribution is 2.25. The molecule has 0 saturated carbocycles. The Kier molecular flexibility index (Phi) is 8.53. The summed E-state index contributed by atoms with van der Waals surface area (Å²) in [4.78, 5) is 9.70.